The first-order chi connectivity index (χ1) is 4.77. The zero-order chi connectivity index (χ0) is 7.45. The van der Waals surface area contributed by atoms with Crippen LogP contribution in [0, 0.1) is 0 Å². The molecule has 13 heavy (non-hydrogen) atoms. The molecule has 0 atom stereocenters. The summed E-state index contributed by atoms with van der Waals surface area (Å²) in [7, 11) is 2.41. The average molecular weight is 252 g/mol. The van der Waals surface area contributed by atoms with E-state index >= 15 is 0 Å². The first-order valence-electron chi connectivity index (χ1n) is 4.60. The molecule has 0 amide bonds. The number of halogens is 3. The number of likely N-dealkylation sites (tertiary alicyclic amines) is 1. The molecule has 0 aromatic heterocycles. The molecule has 1 nitrogen and oxygen atoms in total. The maximum atomic E-state index is 2.41. The molecule has 4 heteroatoms. The van der Waals surface area contributed by atoms with Crippen molar-refractivity contribution in [2.75, 3.05) is 26.7 Å². The van der Waals surface area contributed by atoms with Gasteiger partial charge in [0.15, 0.2) is 0 Å². The van der Waals surface area contributed by atoms with Gasteiger partial charge in [0.25, 0.3) is 0 Å². The summed E-state index contributed by atoms with van der Waals surface area (Å²) < 4.78 is 1.36. The first kappa shape index (κ1) is 19.4. The summed E-state index contributed by atoms with van der Waals surface area (Å²) in [6, 6.07) is 0. The van der Waals surface area contributed by atoms with E-state index in [0.29, 0.717) is 0 Å². The van der Waals surface area contributed by atoms with Gasteiger partial charge in [0.05, 0.1) is 26.7 Å². The van der Waals surface area contributed by atoms with Crippen LogP contribution in [-0.2, 0) is 0 Å². The Balaban J connectivity index is -0.000000333. The van der Waals surface area contributed by atoms with E-state index in [1.165, 1.54) is 49.8 Å². The van der Waals surface area contributed by atoms with Crippen molar-refractivity contribution in [3.05, 3.63) is 0 Å². The Hall–Kier alpha value is 0.830. The second-order valence-electron chi connectivity index (χ2n) is 3.85. The Morgan fingerprint density at radius 1 is 1.00 bits per heavy atom. The Kier molecular flexibility index (Phi) is 14.0. The Bertz CT molecular complexity index is 103. The largest absolute Gasteiger partial charge is 0.326 e. The predicted octanol–water partition coefficient (Wildman–Crippen LogP) is 3.29. The third-order valence-corrected chi connectivity index (χ3v) is 2.70. The molecule has 1 heterocycles. The highest BCUT2D eigenvalue weighted by atomic mass is 35.5. The van der Waals surface area contributed by atoms with Crippen LogP contribution >= 0.6 is 37.2 Å². The zero-order valence-electron chi connectivity index (χ0n) is 8.62. The van der Waals surface area contributed by atoms with Crippen LogP contribution < -0.4 is 0 Å². The molecule has 1 saturated heterocycles. The molecule has 0 saturated carbocycles. The number of hydrogen-bond acceptors (Lipinski definition) is 0. The Morgan fingerprint density at radius 2 is 1.46 bits per heavy atom. The lowest BCUT2D eigenvalue weighted by molar-refractivity contribution is -0.897. The van der Waals surface area contributed by atoms with Crippen LogP contribution in [-0.4, -0.2) is 31.2 Å². The Labute approximate surface area is 101 Å². The van der Waals surface area contributed by atoms with Gasteiger partial charge in [-0.3, -0.25) is 0 Å². The molecule has 0 aromatic carbocycles. The van der Waals surface area contributed by atoms with Crippen LogP contribution in [0.2, 0.25) is 0 Å². The molecule has 0 radical (unpaired) electrons. The van der Waals surface area contributed by atoms with Gasteiger partial charge in [-0.05, 0) is 6.42 Å². The van der Waals surface area contributed by atoms with Gasteiger partial charge in [-0.15, -0.1) is 37.2 Å². The Morgan fingerprint density at radius 3 is 1.85 bits per heavy atom. The monoisotopic (exact) mass is 250 g/mol. The minimum absolute atomic E-state index is 0. The average Bonchev–Trinajstić information content (AvgIpc) is 2.33. The predicted molar refractivity (Wildman–Crippen MR) is 66.7 cm³/mol. The van der Waals surface area contributed by atoms with E-state index in [4.69, 9.17) is 0 Å². The van der Waals surface area contributed by atoms with Crippen molar-refractivity contribution < 1.29 is 4.48 Å². The highest BCUT2D eigenvalue weighted by Gasteiger charge is 2.25. The van der Waals surface area contributed by atoms with Gasteiger partial charge >= 0.3 is 0 Å². The third-order valence-electron chi connectivity index (χ3n) is 2.70. The lowest BCUT2D eigenvalue weighted by Crippen LogP contribution is -2.41. The molecule has 1 aliphatic heterocycles. The van der Waals surface area contributed by atoms with Crippen molar-refractivity contribution in [3.63, 3.8) is 0 Å². The smallest absolute Gasteiger partial charge is 0.0786 e. The quantitative estimate of drug-likeness (QED) is 0.675. The molecule has 0 aromatic rings. The topological polar surface area (TPSA) is 0 Å². The van der Waals surface area contributed by atoms with Crippen molar-refractivity contribution in [1.82, 2.24) is 0 Å². The maximum Gasteiger partial charge on any atom is 0.0786 e. The number of nitrogens with zero attached hydrogens (tertiary/aromatic N) is 1. The van der Waals surface area contributed by atoms with Crippen molar-refractivity contribution in [3.8, 4) is 0 Å². The SMILES string of the molecule is CCCC[N+]1(C)CCCC1.Cl.Cl.Cl. The molecule has 1 rings (SSSR count). The summed E-state index contributed by atoms with van der Waals surface area (Å²) in [6.45, 7) is 6.55. The van der Waals surface area contributed by atoms with E-state index in [2.05, 4.69) is 14.0 Å². The second-order valence-corrected chi connectivity index (χ2v) is 3.85. The van der Waals surface area contributed by atoms with Crippen LogP contribution in [0.5, 0.6) is 0 Å². The van der Waals surface area contributed by atoms with Crippen molar-refractivity contribution in [2.45, 2.75) is 32.6 Å². The van der Waals surface area contributed by atoms with Gasteiger partial charge in [0, 0.05) is 12.8 Å². The van der Waals surface area contributed by atoms with E-state index in [1.807, 2.05) is 0 Å². The van der Waals surface area contributed by atoms with E-state index in [-0.39, 0.29) is 37.2 Å². The van der Waals surface area contributed by atoms with Gasteiger partial charge in [0.2, 0.25) is 0 Å². The molecular formula is C9H23Cl3N+. The molecule has 0 spiro atoms. The van der Waals surface area contributed by atoms with Gasteiger partial charge in [-0.1, -0.05) is 13.3 Å². The van der Waals surface area contributed by atoms with Crippen molar-refractivity contribution in [2.24, 2.45) is 0 Å². The molecule has 84 valence electrons. The molecule has 1 fully saturated rings. The molecule has 1 aliphatic rings. The van der Waals surface area contributed by atoms with E-state index in [9.17, 15) is 0 Å². The van der Waals surface area contributed by atoms with Crippen LogP contribution in [0.3, 0.4) is 0 Å². The number of rotatable bonds is 3. The standard InChI is InChI=1S/C9H20N.3ClH/c1-3-4-7-10(2)8-5-6-9-10;;;/h3-9H2,1-2H3;3*1H/q+1;;;. The molecular weight excluding hydrogens is 228 g/mol. The van der Waals surface area contributed by atoms with E-state index in [0.717, 1.165) is 0 Å². The van der Waals surface area contributed by atoms with Crippen molar-refractivity contribution >= 4 is 37.2 Å². The summed E-state index contributed by atoms with van der Waals surface area (Å²) >= 11 is 0. The zero-order valence-corrected chi connectivity index (χ0v) is 11.1. The van der Waals surface area contributed by atoms with E-state index < -0.39 is 0 Å². The lowest BCUT2D eigenvalue weighted by atomic mass is 10.3. The highest BCUT2D eigenvalue weighted by molar-refractivity contribution is 5.86. The van der Waals surface area contributed by atoms with Crippen LogP contribution in [0.1, 0.15) is 32.6 Å². The number of hydrogen-bond donors (Lipinski definition) is 0. The number of unbranched alkanes of at least 4 members (excludes halogenated alkanes) is 1. The first-order valence-corrected chi connectivity index (χ1v) is 4.60. The minimum atomic E-state index is 0. The second kappa shape index (κ2) is 9.39. The van der Waals surface area contributed by atoms with Gasteiger partial charge in [-0.25, -0.2) is 0 Å². The molecule has 0 unspecified atom stereocenters. The summed E-state index contributed by atoms with van der Waals surface area (Å²) in [4.78, 5) is 0. The van der Waals surface area contributed by atoms with Crippen LogP contribution in [0.4, 0.5) is 0 Å². The minimum Gasteiger partial charge on any atom is -0.326 e. The lowest BCUT2D eigenvalue weighted by Gasteiger charge is -2.28. The molecule has 0 aliphatic carbocycles. The fourth-order valence-electron chi connectivity index (χ4n) is 1.86. The van der Waals surface area contributed by atoms with Crippen molar-refractivity contribution in [1.29, 1.82) is 0 Å². The van der Waals surface area contributed by atoms with Crippen LogP contribution in [0.25, 0.3) is 0 Å². The van der Waals surface area contributed by atoms with E-state index in [1.54, 1.807) is 0 Å². The fourth-order valence-corrected chi connectivity index (χ4v) is 1.86. The molecule has 0 N–H and O–H groups in total. The summed E-state index contributed by atoms with van der Waals surface area (Å²) in [5.41, 5.74) is 0. The molecule has 0 bridgehead atoms. The highest BCUT2D eigenvalue weighted by Crippen LogP contribution is 2.16. The summed E-state index contributed by atoms with van der Waals surface area (Å²) in [5.74, 6) is 0. The van der Waals surface area contributed by atoms with Gasteiger partial charge < -0.3 is 4.48 Å². The third kappa shape index (κ3) is 6.84. The van der Waals surface area contributed by atoms with Gasteiger partial charge in [0.1, 0.15) is 0 Å². The fraction of sp³-hybridized carbons (Fsp3) is 1.00. The maximum absolute atomic E-state index is 2.41. The summed E-state index contributed by atoms with van der Waals surface area (Å²) in [6.07, 6.45) is 5.69. The van der Waals surface area contributed by atoms with Crippen LogP contribution in [0.15, 0.2) is 0 Å². The summed E-state index contributed by atoms with van der Waals surface area (Å²) in [5, 5.41) is 0. The number of quaternary nitrogens is 1. The van der Waals surface area contributed by atoms with Gasteiger partial charge in [-0.2, -0.15) is 0 Å². The normalized spacial score (nSPS) is 18.0.